The average Bonchev–Trinajstić information content (AvgIpc) is 3.06. The lowest BCUT2D eigenvalue weighted by Gasteiger charge is -2.41. The monoisotopic (exact) mass is 463 g/mol. The van der Waals surface area contributed by atoms with Crippen LogP contribution in [0.15, 0.2) is 72.8 Å². The summed E-state index contributed by atoms with van der Waals surface area (Å²) in [5.41, 5.74) is 2.62. The van der Waals surface area contributed by atoms with Crippen LogP contribution in [0, 0.1) is 0 Å². The molecule has 3 aromatic carbocycles. The standard InChI is InChI=1S/C26H19Cl2NO3/c1-32-20-8-5-15(6-9-20)22-13-19(30)14-23(16-3-2-4-17(27)11-16)26(22)21-10-7-18(28)12-24(21)29-25(26)31/h2-13,23H,14H2,1H3,(H,29,31)/t23-,26+/m0/s1. The van der Waals surface area contributed by atoms with Crippen LogP contribution in [0.1, 0.15) is 29.0 Å². The summed E-state index contributed by atoms with van der Waals surface area (Å²) in [4.78, 5) is 26.8. The number of ether oxygens (including phenoxy) is 1. The normalized spacial score (nSPS) is 21.8. The lowest BCUT2D eigenvalue weighted by molar-refractivity contribution is -0.121. The minimum Gasteiger partial charge on any atom is -0.497 e. The number of fused-ring (bicyclic) bond motifs is 2. The van der Waals surface area contributed by atoms with E-state index >= 15 is 0 Å². The summed E-state index contributed by atoms with van der Waals surface area (Å²) in [7, 11) is 1.60. The Bertz CT molecular complexity index is 1280. The molecule has 1 heterocycles. The molecule has 3 aromatic rings. The van der Waals surface area contributed by atoms with E-state index in [4.69, 9.17) is 27.9 Å². The highest BCUT2D eigenvalue weighted by Crippen LogP contribution is 2.58. The first-order valence-corrected chi connectivity index (χ1v) is 11.0. The number of amides is 1. The van der Waals surface area contributed by atoms with Crippen molar-refractivity contribution in [2.75, 3.05) is 12.4 Å². The van der Waals surface area contributed by atoms with Crippen molar-refractivity contribution in [2.24, 2.45) is 0 Å². The van der Waals surface area contributed by atoms with Gasteiger partial charge in [0, 0.05) is 28.1 Å². The van der Waals surface area contributed by atoms with Gasteiger partial charge in [-0.05, 0) is 64.7 Å². The van der Waals surface area contributed by atoms with E-state index in [1.807, 2.05) is 48.5 Å². The van der Waals surface area contributed by atoms with E-state index in [1.54, 1.807) is 31.4 Å². The minimum absolute atomic E-state index is 0.0402. The number of rotatable bonds is 3. The van der Waals surface area contributed by atoms with E-state index in [2.05, 4.69) is 5.32 Å². The van der Waals surface area contributed by atoms with Crippen LogP contribution in [0.3, 0.4) is 0 Å². The van der Waals surface area contributed by atoms with Crippen LogP contribution in [0.25, 0.3) is 5.57 Å². The molecule has 0 unspecified atom stereocenters. The fraction of sp³-hybridized carbons (Fsp3) is 0.154. The maximum Gasteiger partial charge on any atom is 0.240 e. The Balaban J connectivity index is 1.81. The summed E-state index contributed by atoms with van der Waals surface area (Å²) < 4.78 is 5.29. The molecule has 160 valence electrons. The molecule has 0 radical (unpaired) electrons. The van der Waals surface area contributed by atoms with Crippen molar-refractivity contribution in [1.29, 1.82) is 0 Å². The molecule has 0 fully saturated rings. The van der Waals surface area contributed by atoms with Gasteiger partial charge in [-0.15, -0.1) is 0 Å². The summed E-state index contributed by atoms with van der Waals surface area (Å²) in [5, 5.41) is 4.10. The highest BCUT2D eigenvalue weighted by Gasteiger charge is 2.57. The van der Waals surface area contributed by atoms with E-state index < -0.39 is 11.3 Å². The van der Waals surface area contributed by atoms with Crippen LogP contribution in [0.5, 0.6) is 5.75 Å². The Kier molecular flexibility index (Phi) is 5.07. The van der Waals surface area contributed by atoms with Crippen LogP contribution >= 0.6 is 23.2 Å². The number of anilines is 1. The highest BCUT2D eigenvalue weighted by molar-refractivity contribution is 6.31. The van der Waals surface area contributed by atoms with Crippen molar-refractivity contribution in [3.63, 3.8) is 0 Å². The highest BCUT2D eigenvalue weighted by atomic mass is 35.5. The summed E-state index contributed by atoms with van der Waals surface area (Å²) in [6, 6.07) is 20.2. The lowest BCUT2D eigenvalue weighted by atomic mass is 9.58. The molecule has 0 bridgehead atoms. The predicted octanol–water partition coefficient (Wildman–Crippen LogP) is 6.03. The predicted molar refractivity (Wildman–Crippen MR) is 127 cm³/mol. The number of hydrogen-bond donors (Lipinski definition) is 1. The van der Waals surface area contributed by atoms with Crippen LogP contribution in [0.2, 0.25) is 10.0 Å². The third-order valence-electron chi connectivity index (χ3n) is 6.32. The maximum absolute atomic E-state index is 13.8. The largest absolute Gasteiger partial charge is 0.497 e. The van der Waals surface area contributed by atoms with Gasteiger partial charge in [-0.3, -0.25) is 9.59 Å². The smallest absolute Gasteiger partial charge is 0.240 e. The molecule has 0 aromatic heterocycles. The van der Waals surface area contributed by atoms with Gasteiger partial charge in [-0.25, -0.2) is 0 Å². The molecule has 2 aliphatic rings. The minimum atomic E-state index is -1.10. The zero-order valence-electron chi connectivity index (χ0n) is 17.2. The van der Waals surface area contributed by atoms with Crippen molar-refractivity contribution in [2.45, 2.75) is 17.8 Å². The molecule has 6 heteroatoms. The molecule has 4 nitrogen and oxygen atoms in total. The second-order valence-corrected chi connectivity index (χ2v) is 8.89. The number of carbonyl (C=O) groups is 2. The van der Waals surface area contributed by atoms with Crippen molar-refractivity contribution in [3.8, 4) is 5.75 Å². The SMILES string of the molecule is COc1ccc(C2=CC(=O)C[C@@H](c3cccc(Cl)c3)[C@]23C(=O)Nc2cc(Cl)ccc23)cc1. The average molecular weight is 464 g/mol. The third-order valence-corrected chi connectivity index (χ3v) is 6.79. The number of carbonyl (C=O) groups excluding carboxylic acids is 2. The summed E-state index contributed by atoms with van der Waals surface area (Å²) >= 11 is 12.5. The van der Waals surface area contributed by atoms with Gasteiger partial charge in [-0.1, -0.05) is 53.5 Å². The molecule has 32 heavy (non-hydrogen) atoms. The van der Waals surface area contributed by atoms with E-state index in [1.165, 1.54) is 0 Å². The number of allylic oxidation sites excluding steroid dienone is 1. The Morgan fingerprint density at radius 3 is 2.44 bits per heavy atom. The summed E-state index contributed by atoms with van der Waals surface area (Å²) in [5.74, 6) is 0.0363. The number of hydrogen-bond acceptors (Lipinski definition) is 3. The summed E-state index contributed by atoms with van der Waals surface area (Å²) in [6.45, 7) is 0. The Hall–Kier alpha value is -3.08. The molecule has 1 aliphatic carbocycles. The Morgan fingerprint density at radius 1 is 0.969 bits per heavy atom. The molecular formula is C26H19Cl2NO3. The fourth-order valence-corrected chi connectivity index (χ4v) is 5.34. The summed E-state index contributed by atoms with van der Waals surface area (Å²) in [6.07, 6.45) is 1.79. The quantitative estimate of drug-likeness (QED) is 0.515. The van der Waals surface area contributed by atoms with Gasteiger partial charge in [0.2, 0.25) is 5.91 Å². The van der Waals surface area contributed by atoms with Gasteiger partial charge in [0.15, 0.2) is 5.78 Å². The van der Waals surface area contributed by atoms with Crippen molar-refractivity contribution < 1.29 is 14.3 Å². The van der Waals surface area contributed by atoms with Crippen LogP contribution in [-0.2, 0) is 15.0 Å². The zero-order chi connectivity index (χ0) is 22.5. The van der Waals surface area contributed by atoms with Gasteiger partial charge in [0.25, 0.3) is 0 Å². The van der Waals surface area contributed by atoms with Gasteiger partial charge in [0.05, 0.1) is 7.11 Å². The van der Waals surface area contributed by atoms with Gasteiger partial charge >= 0.3 is 0 Å². The molecule has 1 amide bonds. The lowest BCUT2D eigenvalue weighted by Crippen LogP contribution is -2.45. The van der Waals surface area contributed by atoms with Gasteiger partial charge in [0.1, 0.15) is 11.2 Å². The Morgan fingerprint density at radius 2 is 1.72 bits per heavy atom. The van der Waals surface area contributed by atoms with Gasteiger partial charge in [-0.2, -0.15) is 0 Å². The van der Waals surface area contributed by atoms with E-state index in [0.29, 0.717) is 27.1 Å². The molecular weight excluding hydrogens is 445 g/mol. The molecule has 2 atom stereocenters. The molecule has 1 N–H and O–H groups in total. The van der Waals surface area contributed by atoms with Crippen molar-refractivity contribution in [1.82, 2.24) is 0 Å². The number of halogens is 2. The first-order valence-electron chi connectivity index (χ1n) is 10.2. The number of methoxy groups -OCH3 is 1. The second kappa shape index (κ2) is 7.80. The van der Waals surface area contributed by atoms with E-state index in [9.17, 15) is 9.59 Å². The third kappa shape index (κ3) is 3.14. The number of benzene rings is 3. The molecule has 0 saturated heterocycles. The van der Waals surface area contributed by atoms with E-state index in [0.717, 1.165) is 16.7 Å². The fourth-order valence-electron chi connectivity index (χ4n) is 4.97. The maximum atomic E-state index is 13.8. The van der Waals surface area contributed by atoms with Crippen LogP contribution < -0.4 is 10.1 Å². The second-order valence-electron chi connectivity index (χ2n) is 8.02. The van der Waals surface area contributed by atoms with Crippen molar-refractivity contribution in [3.05, 3.63) is 99.5 Å². The zero-order valence-corrected chi connectivity index (χ0v) is 18.7. The topological polar surface area (TPSA) is 55.4 Å². The first kappa shape index (κ1) is 20.8. The van der Waals surface area contributed by atoms with E-state index in [-0.39, 0.29) is 18.1 Å². The van der Waals surface area contributed by atoms with Crippen LogP contribution in [0.4, 0.5) is 5.69 Å². The van der Waals surface area contributed by atoms with Gasteiger partial charge < -0.3 is 10.1 Å². The number of ketones is 1. The van der Waals surface area contributed by atoms with Crippen LogP contribution in [-0.4, -0.2) is 18.8 Å². The Labute approximate surface area is 195 Å². The van der Waals surface area contributed by atoms with Crippen molar-refractivity contribution >= 4 is 46.2 Å². The molecule has 5 rings (SSSR count). The first-order chi connectivity index (χ1) is 15.4. The molecule has 1 aliphatic heterocycles. The molecule has 1 spiro atoms. The molecule has 0 saturated carbocycles. The number of nitrogens with one attached hydrogen (secondary N) is 1.